The quantitative estimate of drug-likeness (QED) is 0.806. The Bertz CT molecular complexity index is 415. The number of nitrogens with one attached hydrogen (secondary N) is 2. The Balaban J connectivity index is 2.49. The third-order valence-corrected chi connectivity index (χ3v) is 2.28. The van der Waals surface area contributed by atoms with Gasteiger partial charge in [-0.25, -0.2) is 0 Å². The zero-order valence-corrected chi connectivity index (χ0v) is 10.7. The van der Waals surface area contributed by atoms with Crippen LogP contribution < -0.4 is 10.6 Å². The maximum absolute atomic E-state index is 12.3. The minimum atomic E-state index is -4.49. The summed E-state index contributed by atoms with van der Waals surface area (Å²) in [7, 11) is 0. The maximum atomic E-state index is 12.3. The Hall–Kier alpha value is -1.63. The summed E-state index contributed by atoms with van der Waals surface area (Å²) in [6.45, 7) is 4.94. The Kier molecular flexibility index (Phi) is 5.29. The highest BCUT2D eigenvalue weighted by molar-refractivity contribution is 5.93. The van der Waals surface area contributed by atoms with Crippen LogP contribution in [0.2, 0.25) is 0 Å². The Morgan fingerprint density at radius 1 is 1.32 bits per heavy atom. The van der Waals surface area contributed by atoms with Crippen LogP contribution in [0.1, 0.15) is 29.9 Å². The van der Waals surface area contributed by atoms with E-state index in [2.05, 4.69) is 15.6 Å². The molecule has 7 heteroatoms. The molecule has 0 spiro atoms. The fourth-order valence-electron chi connectivity index (χ4n) is 1.33. The SMILES string of the molecule is CC(C)NCCNC(=O)c1ccc(C(F)(F)F)nc1. The van der Waals surface area contributed by atoms with Gasteiger partial charge in [0.05, 0.1) is 5.56 Å². The van der Waals surface area contributed by atoms with Crippen molar-refractivity contribution in [2.75, 3.05) is 13.1 Å². The normalized spacial score (nSPS) is 11.7. The van der Waals surface area contributed by atoms with Crippen LogP contribution in [0, 0.1) is 0 Å². The second-order valence-electron chi connectivity index (χ2n) is 4.29. The first-order chi connectivity index (χ1) is 8.80. The van der Waals surface area contributed by atoms with E-state index in [1.54, 1.807) is 0 Å². The van der Waals surface area contributed by atoms with Crippen LogP contribution in [-0.4, -0.2) is 30.0 Å². The van der Waals surface area contributed by atoms with E-state index in [1.807, 2.05) is 13.8 Å². The van der Waals surface area contributed by atoms with Crippen LogP contribution in [-0.2, 0) is 6.18 Å². The Morgan fingerprint density at radius 3 is 2.47 bits per heavy atom. The summed E-state index contributed by atoms with van der Waals surface area (Å²) in [6.07, 6.45) is -3.57. The van der Waals surface area contributed by atoms with Gasteiger partial charge in [0.1, 0.15) is 5.69 Å². The van der Waals surface area contributed by atoms with Crippen LogP contribution in [0.4, 0.5) is 13.2 Å². The van der Waals surface area contributed by atoms with Crippen LogP contribution >= 0.6 is 0 Å². The molecular weight excluding hydrogens is 259 g/mol. The van der Waals surface area contributed by atoms with E-state index in [0.29, 0.717) is 19.1 Å². The van der Waals surface area contributed by atoms with Gasteiger partial charge in [-0.2, -0.15) is 13.2 Å². The van der Waals surface area contributed by atoms with E-state index in [1.165, 1.54) is 0 Å². The van der Waals surface area contributed by atoms with Crippen molar-refractivity contribution in [1.82, 2.24) is 15.6 Å². The summed E-state index contributed by atoms with van der Waals surface area (Å²) in [5.74, 6) is -0.438. The van der Waals surface area contributed by atoms with Crippen molar-refractivity contribution in [3.05, 3.63) is 29.6 Å². The number of nitrogens with zero attached hydrogens (tertiary/aromatic N) is 1. The van der Waals surface area contributed by atoms with E-state index in [-0.39, 0.29) is 5.56 Å². The van der Waals surface area contributed by atoms with Crippen molar-refractivity contribution in [3.63, 3.8) is 0 Å². The molecule has 0 bridgehead atoms. The molecular formula is C12H16F3N3O. The molecule has 4 nitrogen and oxygen atoms in total. The maximum Gasteiger partial charge on any atom is 0.433 e. The highest BCUT2D eigenvalue weighted by Gasteiger charge is 2.32. The second kappa shape index (κ2) is 6.51. The van der Waals surface area contributed by atoms with E-state index in [0.717, 1.165) is 18.3 Å². The molecule has 2 N–H and O–H groups in total. The number of carbonyl (C=O) groups is 1. The number of pyridine rings is 1. The van der Waals surface area contributed by atoms with Crippen LogP contribution in [0.25, 0.3) is 0 Å². The van der Waals surface area contributed by atoms with Crippen LogP contribution in [0.3, 0.4) is 0 Å². The lowest BCUT2D eigenvalue weighted by atomic mass is 10.2. The van der Waals surface area contributed by atoms with Gasteiger partial charge in [-0.3, -0.25) is 9.78 Å². The number of amides is 1. The zero-order valence-electron chi connectivity index (χ0n) is 10.7. The zero-order chi connectivity index (χ0) is 14.5. The number of hydrogen-bond donors (Lipinski definition) is 2. The lowest BCUT2D eigenvalue weighted by Crippen LogP contribution is -2.34. The van der Waals surface area contributed by atoms with E-state index in [4.69, 9.17) is 0 Å². The summed E-state index contributed by atoms with van der Waals surface area (Å²) in [4.78, 5) is 14.8. The van der Waals surface area contributed by atoms with Crippen LogP contribution in [0.15, 0.2) is 18.3 Å². The van der Waals surface area contributed by atoms with Crippen molar-refractivity contribution in [3.8, 4) is 0 Å². The first kappa shape index (κ1) is 15.4. The van der Waals surface area contributed by atoms with Gasteiger partial charge in [0.15, 0.2) is 0 Å². The van der Waals surface area contributed by atoms with Gasteiger partial charge >= 0.3 is 6.18 Å². The lowest BCUT2D eigenvalue weighted by molar-refractivity contribution is -0.141. The molecule has 106 valence electrons. The summed E-state index contributed by atoms with van der Waals surface area (Å²) in [6, 6.07) is 2.21. The molecule has 0 radical (unpaired) electrons. The molecule has 0 saturated carbocycles. The largest absolute Gasteiger partial charge is 0.433 e. The van der Waals surface area contributed by atoms with Crippen molar-refractivity contribution in [1.29, 1.82) is 0 Å². The first-order valence-corrected chi connectivity index (χ1v) is 5.85. The molecule has 0 atom stereocenters. The topological polar surface area (TPSA) is 54.0 Å². The predicted molar refractivity (Wildman–Crippen MR) is 64.7 cm³/mol. The number of aromatic nitrogens is 1. The van der Waals surface area contributed by atoms with Crippen molar-refractivity contribution in [2.45, 2.75) is 26.1 Å². The van der Waals surface area contributed by atoms with Crippen molar-refractivity contribution >= 4 is 5.91 Å². The third kappa shape index (κ3) is 5.25. The number of rotatable bonds is 5. The molecule has 1 heterocycles. The summed E-state index contributed by atoms with van der Waals surface area (Å²) >= 11 is 0. The van der Waals surface area contributed by atoms with E-state index < -0.39 is 17.8 Å². The molecule has 1 aromatic rings. The number of halogens is 3. The number of carbonyl (C=O) groups excluding carboxylic acids is 1. The highest BCUT2D eigenvalue weighted by atomic mass is 19.4. The van der Waals surface area contributed by atoms with Gasteiger partial charge in [-0.05, 0) is 12.1 Å². The molecule has 1 amide bonds. The minimum Gasteiger partial charge on any atom is -0.351 e. The predicted octanol–water partition coefficient (Wildman–Crippen LogP) is 1.83. The summed E-state index contributed by atoms with van der Waals surface area (Å²) in [5, 5.41) is 5.69. The fraction of sp³-hybridized carbons (Fsp3) is 0.500. The smallest absolute Gasteiger partial charge is 0.351 e. The minimum absolute atomic E-state index is 0.109. The van der Waals surface area contributed by atoms with Gasteiger partial charge in [0.25, 0.3) is 5.91 Å². The van der Waals surface area contributed by atoms with Crippen molar-refractivity contribution in [2.24, 2.45) is 0 Å². The molecule has 0 unspecified atom stereocenters. The summed E-state index contributed by atoms with van der Waals surface area (Å²) < 4.78 is 36.8. The van der Waals surface area contributed by atoms with E-state index in [9.17, 15) is 18.0 Å². The van der Waals surface area contributed by atoms with Gasteiger partial charge in [0.2, 0.25) is 0 Å². The van der Waals surface area contributed by atoms with Gasteiger partial charge in [-0.15, -0.1) is 0 Å². The standard InChI is InChI=1S/C12H16F3N3O/c1-8(2)16-5-6-17-11(19)9-3-4-10(18-7-9)12(13,14)15/h3-4,7-8,16H,5-6H2,1-2H3,(H,17,19). The molecule has 0 saturated heterocycles. The van der Waals surface area contributed by atoms with Gasteiger partial charge in [0, 0.05) is 25.3 Å². The van der Waals surface area contributed by atoms with Gasteiger partial charge < -0.3 is 10.6 Å². The van der Waals surface area contributed by atoms with Crippen molar-refractivity contribution < 1.29 is 18.0 Å². The highest BCUT2D eigenvalue weighted by Crippen LogP contribution is 2.27. The second-order valence-corrected chi connectivity index (χ2v) is 4.29. The Labute approximate surface area is 109 Å². The first-order valence-electron chi connectivity index (χ1n) is 5.85. The molecule has 1 aromatic heterocycles. The monoisotopic (exact) mass is 275 g/mol. The van der Waals surface area contributed by atoms with Crippen LogP contribution in [0.5, 0.6) is 0 Å². The Morgan fingerprint density at radius 2 is 2.00 bits per heavy atom. The number of hydrogen-bond acceptors (Lipinski definition) is 3. The number of alkyl halides is 3. The molecule has 0 aliphatic rings. The molecule has 0 aliphatic carbocycles. The molecule has 19 heavy (non-hydrogen) atoms. The molecule has 0 fully saturated rings. The molecule has 0 aromatic carbocycles. The molecule has 1 rings (SSSR count). The fourth-order valence-corrected chi connectivity index (χ4v) is 1.33. The summed E-state index contributed by atoms with van der Waals surface area (Å²) in [5.41, 5.74) is -0.900. The van der Waals surface area contributed by atoms with E-state index >= 15 is 0 Å². The lowest BCUT2D eigenvalue weighted by Gasteiger charge is -2.09. The molecule has 0 aliphatic heterocycles. The average molecular weight is 275 g/mol. The average Bonchev–Trinajstić information content (AvgIpc) is 2.33. The third-order valence-electron chi connectivity index (χ3n) is 2.28. The van der Waals surface area contributed by atoms with Gasteiger partial charge in [-0.1, -0.05) is 13.8 Å².